The third-order valence-corrected chi connectivity index (χ3v) is 5.57. The molecule has 1 N–H and O–H groups in total. The number of halogens is 1. The molecule has 0 unspecified atom stereocenters. The largest absolute Gasteiger partial charge is 0.371 e. The van der Waals surface area contributed by atoms with Crippen molar-refractivity contribution in [2.24, 2.45) is 10.9 Å². The highest BCUT2D eigenvalue weighted by molar-refractivity contribution is 6.31. The van der Waals surface area contributed by atoms with E-state index >= 15 is 0 Å². The highest BCUT2D eigenvalue weighted by atomic mass is 35.5. The number of carbonyl (C=O) groups excluding carboxylic acids is 1. The first-order chi connectivity index (χ1) is 13.6. The number of aliphatic imine (C=N–C) groups is 1. The molecule has 28 heavy (non-hydrogen) atoms. The van der Waals surface area contributed by atoms with Crippen LogP contribution in [0.4, 0.5) is 17.3 Å². The molecule has 0 aliphatic carbocycles. The number of anilines is 3. The number of pyridine rings is 1. The normalized spacial score (nSPS) is 18.1. The number of carbonyl (C=O) groups is 1. The van der Waals surface area contributed by atoms with E-state index in [-0.39, 0.29) is 5.91 Å². The first kappa shape index (κ1) is 18.7. The molecule has 4 heterocycles. The molecule has 7 heteroatoms. The number of piperidine rings is 1. The molecule has 146 valence electrons. The van der Waals surface area contributed by atoms with E-state index in [1.807, 2.05) is 25.2 Å². The molecule has 3 aliphatic heterocycles. The summed E-state index contributed by atoms with van der Waals surface area (Å²) in [6.07, 6.45) is 4.15. The summed E-state index contributed by atoms with van der Waals surface area (Å²) in [5.41, 5.74) is 1.49. The van der Waals surface area contributed by atoms with Crippen LogP contribution < -0.4 is 15.1 Å². The number of hydrogen-bond donors (Lipinski definition) is 1. The number of amides is 1. The molecule has 0 radical (unpaired) electrons. The highest BCUT2D eigenvalue weighted by Gasteiger charge is 2.23. The quantitative estimate of drug-likeness (QED) is 0.735. The molecular weight excluding hydrogens is 374 g/mol. The van der Waals surface area contributed by atoms with Gasteiger partial charge in [0, 0.05) is 37.9 Å². The molecule has 1 fully saturated rings. The summed E-state index contributed by atoms with van der Waals surface area (Å²) < 4.78 is 0. The lowest BCUT2D eigenvalue weighted by molar-refractivity contribution is 0.102. The van der Waals surface area contributed by atoms with Gasteiger partial charge in [0.15, 0.2) is 0 Å². The molecule has 1 amide bonds. The molecular formula is C21H24ClN5O. The predicted octanol–water partition coefficient (Wildman–Crippen LogP) is 3.72. The third kappa shape index (κ3) is 4.12. The summed E-state index contributed by atoms with van der Waals surface area (Å²) in [6.45, 7) is 3.27. The summed E-state index contributed by atoms with van der Waals surface area (Å²) in [4.78, 5) is 26.5. The zero-order valence-electron chi connectivity index (χ0n) is 15.9. The van der Waals surface area contributed by atoms with Gasteiger partial charge < -0.3 is 15.1 Å². The highest BCUT2D eigenvalue weighted by Crippen LogP contribution is 2.29. The van der Waals surface area contributed by atoms with Crippen molar-refractivity contribution >= 4 is 41.0 Å². The van der Waals surface area contributed by atoms with Crippen LogP contribution in [-0.4, -0.2) is 50.3 Å². The summed E-state index contributed by atoms with van der Waals surface area (Å²) in [5, 5.41) is 3.57. The molecule has 0 saturated carbocycles. The van der Waals surface area contributed by atoms with Crippen molar-refractivity contribution in [2.45, 2.75) is 12.8 Å². The zero-order valence-corrected chi connectivity index (χ0v) is 16.7. The van der Waals surface area contributed by atoms with Crippen LogP contribution in [0.5, 0.6) is 0 Å². The van der Waals surface area contributed by atoms with Crippen molar-refractivity contribution < 1.29 is 4.79 Å². The van der Waals surface area contributed by atoms with Crippen LogP contribution in [0.3, 0.4) is 0 Å². The standard InChI is InChI=1S/C21H24ClN5O/c1-26-12-9-23-14-15-7-10-27(11-8-15)18-13-16(22)5-6-17(18)21(28)25-19-3-2-4-20(26)24-19/h2-6,13-15H,7-12H2,1H3,(H,24,25,28). The van der Waals surface area contributed by atoms with E-state index < -0.39 is 0 Å². The third-order valence-electron chi connectivity index (χ3n) is 5.33. The second-order valence-electron chi connectivity index (χ2n) is 7.30. The van der Waals surface area contributed by atoms with Gasteiger partial charge in [-0.25, -0.2) is 4.98 Å². The predicted molar refractivity (Wildman–Crippen MR) is 115 cm³/mol. The van der Waals surface area contributed by atoms with E-state index in [2.05, 4.69) is 31.3 Å². The minimum atomic E-state index is -0.172. The van der Waals surface area contributed by atoms with Crippen molar-refractivity contribution in [1.82, 2.24) is 4.98 Å². The van der Waals surface area contributed by atoms with E-state index in [4.69, 9.17) is 11.6 Å². The zero-order chi connectivity index (χ0) is 19.5. The average molecular weight is 398 g/mol. The van der Waals surface area contributed by atoms with Crippen molar-refractivity contribution in [3.05, 3.63) is 47.0 Å². The van der Waals surface area contributed by atoms with E-state index in [9.17, 15) is 4.79 Å². The van der Waals surface area contributed by atoms with Gasteiger partial charge in [-0.2, -0.15) is 0 Å². The van der Waals surface area contributed by atoms with Gasteiger partial charge in [0.05, 0.1) is 17.8 Å². The number of nitrogens with one attached hydrogen (secondary N) is 1. The lowest BCUT2D eigenvalue weighted by atomic mass is 9.97. The first-order valence-corrected chi connectivity index (χ1v) is 10.0. The number of benzene rings is 1. The van der Waals surface area contributed by atoms with Crippen LogP contribution in [0.1, 0.15) is 23.2 Å². The molecule has 3 aliphatic rings. The first-order valence-electron chi connectivity index (χ1n) is 9.64. The Morgan fingerprint density at radius 3 is 2.79 bits per heavy atom. The smallest absolute Gasteiger partial charge is 0.258 e. The fraction of sp³-hybridized carbons (Fsp3) is 0.381. The Bertz CT molecular complexity index is 892. The average Bonchev–Trinajstić information content (AvgIpc) is 2.71. The van der Waals surface area contributed by atoms with E-state index in [0.29, 0.717) is 22.3 Å². The Labute approximate surface area is 170 Å². The second-order valence-corrected chi connectivity index (χ2v) is 7.73. The van der Waals surface area contributed by atoms with Crippen molar-refractivity contribution in [3.63, 3.8) is 0 Å². The van der Waals surface area contributed by atoms with Gasteiger partial charge in [-0.3, -0.25) is 9.79 Å². The molecule has 0 atom stereocenters. The number of hydrogen-bond acceptors (Lipinski definition) is 5. The lowest BCUT2D eigenvalue weighted by Gasteiger charge is -2.33. The molecule has 6 nitrogen and oxygen atoms in total. The Balaban J connectivity index is 1.71. The van der Waals surface area contributed by atoms with Gasteiger partial charge in [-0.15, -0.1) is 0 Å². The van der Waals surface area contributed by atoms with Crippen molar-refractivity contribution in [1.29, 1.82) is 0 Å². The number of fused-ring (bicyclic) bond motifs is 6. The van der Waals surface area contributed by atoms with Crippen LogP contribution in [-0.2, 0) is 0 Å². The van der Waals surface area contributed by atoms with Crippen LogP contribution in [0.25, 0.3) is 0 Å². The Morgan fingerprint density at radius 2 is 1.96 bits per heavy atom. The van der Waals surface area contributed by atoms with Crippen LogP contribution in [0.15, 0.2) is 41.4 Å². The Hall–Kier alpha value is -2.60. The van der Waals surface area contributed by atoms with Crippen LogP contribution in [0, 0.1) is 5.92 Å². The molecule has 4 bridgehead atoms. The second kappa shape index (κ2) is 8.19. The van der Waals surface area contributed by atoms with Gasteiger partial charge in [0.1, 0.15) is 11.6 Å². The van der Waals surface area contributed by atoms with E-state index in [1.165, 1.54) is 0 Å². The number of likely N-dealkylation sites (N-methyl/N-ethyl adjacent to an activating group) is 1. The van der Waals surface area contributed by atoms with E-state index in [1.54, 1.807) is 18.2 Å². The maximum atomic E-state index is 13.0. The maximum absolute atomic E-state index is 13.0. The minimum Gasteiger partial charge on any atom is -0.371 e. The Kier molecular flexibility index (Phi) is 5.48. The number of aromatic nitrogens is 1. The van der Waals surface area contributed by atoms with Gasteiger partial charge in [-0.1, -0.05) is 17.7 Å². The monoisotopic (exact) mass is 397 g/mol. The fourth-order valence-corrected chi connectivity index (χ4v) is 3.85. The maximum Gasteiger partial charge on any atom is 0.258 e. The summed E-state index contributed by atoms with van der Waals surface area (Å²) in [6, 6.07) is 11.1. The summed E-state index contributed by atoms with van der Waals surface area (Å²) in [5.74, 6) is 1.65. The lowest BCUT2D eigenvalue weighted by Crippen LogP contribution is -2.35. The van der Waals surface area contributed by atoms with Gasteiger partial charge >= 0.3 is 0 Å². The van der Waals surface area contributed by atoms with Crippen molar-refractivity contribution in [3.8, 4) is 0 Å². The van der Waals surface area contributed by atoms with Crippen LogP contribution >= 0.6 is 11.6 Å². The minimum absolute atomic E-state index is 0.172. The van der Waals surface area contributed by atoms with Crippen LogP contribution in [0.2, 0.25) is 5.02 Å². The summed E-state index contributed by atoms with van der Waals surface area (Å²) >= 11 is 6.25. The molecule has 1 aromatic carbocycles. The molecule has 1 aromatic heterocycles. The SMILES string of the molecule is CN1CCN=CC2CCN(CC2)c2cc(Cl)ccc2C(=O)Nc2cccc1n2. The number of nitrogens with zero attached hydrogens (tertiary/aromatic N) is 4. The van der Waals surface area contributed by atoms with Gasteiger partial charge in [-0.05, 0) is 49.1 Å². The molecule has 5 rings (SSSR count). The summed E-state index contributed by atoms with van der Waals surface area (Å²) in [7, 11) is 1.99. The molecule has 1 saturated heterocycles. The van der Waals surface area contributed by atoms with E-state index in [0.717, 1.165) is 50.5 Å². The van der Waals surface area contributed by atoms with Crippen molar-refractivity contribution in [2.75, 3.05) is 48.3 Å². The topological polar surface area (TPSA) is 60.8 Å². The van der Waals surface area contributed by atoms with Gasteiger partial charge in [0.2, 0.25) is 0 Å². The Morgan fingerprint density at radius 1 is 1.14 bits per heavy atom. The molecule has 2 aromatic rings. The molecule has 0 spiro atoms. The van der Waals surface area contributed by atoms with Gasteiger partial charge in [0.25, 0.3) is 5.91 Å². The number of rotatable bonds is 0. The fourth-order valence-electron chi connectivity index (χ4n) is 3.68.